The van der Waals surface area contributed by atoms with Crippen molar-refractivity contribution in [1.82, 2.24) is 4.98 Å². The number of carbonyl (C=O) groups excluding carboxylic acids is 1. The lowest BCUT2D eigenvalue weighted by atomic mass is 10.2. The van der Waals surface area contributed by atoms with Crippen molar-refractivity contribution in [2.75, 3.05) is 5.32 Å². The number of thiazole rings is 1. The van der Waals surface area contributed by atoms with Crippen LogP contribution in [0, 0.1) is 13.8 Å². The molecule has 1 amide bonds. The summed E-state index contributed by atoms with van der Waals surface area (Å²) in [7, 11) is 0. The molecular weight excluding hydrogens is 400 g/mol. The van der Waals surface area contributed by atoms with Gasteiger partial charge >= 0.3 is 0 Å². The van der Waals surface area contributed by atoms with Gasteiger partial charge in [0.25, 0.3) is 5.91 Å². The molecule has 1 aromatic heterocycles. The third-order valence-corrected chi connectivity index (χ3v) is 5.16. The molecule has 0 spiro atoms. The van der Waals surface area contributed by atoms with Gasteiger partial charge in [0.15, 0.2) is 0 Å². The van der Waals surface area contributed by atoms with Gasteiger partial charge in [0.2, 0.25) is 0 Å². The summed E-state index contributed by atoms with van der Waals surface area (Å²) < 4.78 is 6.73. The number of amides is 1. The van der Waals surface area contributed by atoms with E-state index in [0.717, 1.165) is 26.5 Å². The second-order valence-electron chi connectivity index (χ2n) is 5.59. The summed E-state index contributed by atoms with van der Waals surface area (Å²) in [4.78, 5) is 17.5. The summed E-state index contributed by atoms with van der Waals surface area (Å²) in [6.45, 7) is 4.20. The van der Waals surface area contributed by atoms with Crippen molar-refractivity contribution in [3.8, 4) is 5.75 Å². The molecule has 128 valence electrons. The van der Waals surface area contributed by atoms with Crippen LogP contribution in [0.4, 0.5) is 5.69 Å². The van der Waals surface area contributed by atoms with Crippen LogP contribution in [-0.4, -0.2) is 10.9 Å². The van der Waals surface area contributed by atoms with E-state index in [1.807, 2.05) is 62.4 Å². The second-order valence-corrected chi connectivity index (χ2v) is 7.59. The number of rotatable bonds is 5. The van der Waals surface area contributed by atoms with Crippen LogP contribution in [0.15, 0.2) is 53.0 Å². The molecule has 0 saturated carbocycles. The number of anilines is 1. The molecule has 0 aliphatic carbocycles. The van der Waals surface area contributed by atoms with Gasteiger partial charge in [-0.2, -0.15) is 0 Å². The van der Waals surface area contributed by atoms with Gasteiger partial charge < -0.3 is 10.1 Å². The monoisotopic (exact) mass is 416 g/mol. The maximum absolute atomic E-state index is 12.5. The molecule has 6 heteroatoms. The summed E-state index contributed by atoms with van der Waals surface area (Å²) in [6, 6.07) is 15.3. The van der Waals surface area contributed by atoms with Crippen LogP contribution >= 0.6 is 27.3 Å². The predicted octanol–water partition coefficient (Wildman–Crippen LogP) is 5.35. The highest BCUT2D eigenvalue weighted by molar-refractivity contribution is 9.10. The number of ether oxygens (including phenoxy) is 1. The topological polar surface area (TPSA) is 51.2 Å². The molecule has 0 bridgehead atoms. The number of aryl methyl sites for hydroxylation is 2. The minimum absolute atomic E-state index is 0.154. The lowest BCUT2D eigenvalue weighted by molar-refractivity contribution is 0.103. The van der Waals surface area contributed by atoms with Gasteiger partial charge in [-0.05, 0) is 55.8 Å². The minimum Gasteiger partial charge on any atom is -0.486 e. The van der Waals surface area contributed by atoms with Gasteiger partial charge in [0, 0.05) is 10.2 Å². The van der Waals surface area contributed by atoms with E-state index in [4.69, 9.17) is 4.74 Å². The Morgan fingerprint density at radius 2 is 1.96 bits per heavy atom. The normalized spacial score (nSPS) is 10.5. The fourth-order valence-corrected chi connectivity index (χ4v) is 3.43. The zero-order chi connectivity index (χ0) is 17.8. The smallest absolute Gasteiger partial charge is 0.267 e. The Morgan fingerprint density at radius 1 is 1.20 bits per heavy atom. The zero-order valence-corrected chi connectivity index (χ0v) is 16.3. The van der Waals surface area contributed by atoms with Crippen LogP contribution in [0.1, 0.15) is 25.9 Å². The third-order valence-electron chi connectivity index (χ3n) is 3.50. The summed E-state index contributed by atoms with van der Waals surface area (Å²) in [5, 5.41) is 3.67. The second kappa shape index (κ2) is 7.80. The standard InChI is InChI=1S/C19H17BrN2O2S/c1-12-4-3-5-16(10-12)24-11-17-21-13(2)18(25-17)19(23)22-15-8-6-14(20)7-9-15/h3-10H,11H2,1-2H3,(H,22,23). The van der Waals surface area contributed by atoms with E-state index in [9.17, 15) is 4.79 Å². The van der Waals surface area contributed by atoms with E-state index in [2.05, 4.69) is 26.2 Å². The van der Waals surface area contributed by atoms with Crippen LogP contribution in [0.2, 0.25) is 0 Å². The van der Waals surface area contributed by atoms with E-state index in [1.165, 1.54) is 11.3 Å². The molecule has 0 aliphatic rings. The molecule has 1 N–H and O–H groups in total. The van der Waals surface area contributed by atoms with Gasteiger partial charge in [-0.15, -0.1) is 11.3 Å². The number of aromatic nitrogens is 1. The van der Waals surface area contributed by atoms with E-state index in [1.54, 1.807) is 0 Å². The average molecular weight is 417 g/mol. The van der Waals surface area contributed by atoms with Crippen molar-refractivity contribution in [2.24, 2.45) is 0 Å². The molecule has 3 aromatic rings. The predicted molar refractivity (Wildman–Crippen MR) is 104 cm³/mol. The van der Waals surface area contributed by atoms with Crippen molar-refractivity contribution in [3.05, 3.63) is 74.1 Å². The van der Waals surface area contributed by atoms with Crippen LogP contribution in [-0.2, 0) is 6.61 Å². The summed E-state index contributed by atoms with van der Waals surface area (Å²) in [5.74, 6) is 0.646. The first-order valence-electron chi connectivity index (χ1n) is 7.74. The van der Waals surface area contributed by atoms with Crippen molar-refractivity contribution < 1.29 is 9.53 Å². The Kier molecular flexibility index (Phi) is 5.50. The van der Waals surface area contributed by atoms with Crippen LogP contribution < -0.4 is 10.1 Å². The number of halogens is 1. The highest BCUT2D eigenvalue weighted by atomic mass is 79.9. The van der Waals surface area contributed by atoms with Crippen molar-refractivity contribution in [3.63, 3.8) is 0 Å². The molecule has 3 rings (SSSR count). The highest BCUT2D eigenvalue weighted by Gasteiger charge is 2.16. The van der Waals surface area contributed by atoms with Crippen LogP contribution in [0.5, 0.6) is 5.75 Å². The molecule has 0 radical (unpaired) electrons. The molecule has 0 aliphatic heterocycles. The Labute approximate surface area is 159 Å². The SMILES string of the molecule is Cc1cccc(OCc2nc(C)c(C(=O)Nc3ccc(Br)cc3)s2)c1. The first-order chi connectivity index (χ1) is 12.0. The third kappa shape index (κ3) is 4.67. The Morgan fingerprint density at radius 3 is 2.68 bits per heavy atom. The molecule has 4 nitrogen and oxygen atoms in total. The van der Waals surface area contributed by atoms with Gasteiger partial charge in [-0.1, -0.05) is 28.1 Å². The van der Waals surface area contributed by atoms with Gasteiger partial charge in [0.1, 0.15) is 22.2 Å². The van der Waals surface area contributed by atoms with Gasteiger partial charge in [-0.3, -0.25) is 4.79 Å². The summed E-state index contributed by atoms with van der Waals surface area (Å²) in [6.07, 6.45) is 0. The van der Waals surface area contributed by atoms with Crippen molar-refractivity contribution in [1.29, 1.82) is 0 Å². The summed E-state index contributed by atoms with van der Waals surface area (Å²) >= 11 is 4.73. The Balaban J connectivity index is 1.67. The Bertz CT molecular complexity index is 891. The number of nitrogens with one attached hydrogen (secondary N) is 1. The minimum atomic E-state index is -0.154. The maximum Gasteiger partial charge on any atom is 0.267 e. The van der Waals surface area contributed by atoms with Crippen LogP contribution in [0.3, 0.4) is 0 Å². The molecule has 1 heterocycles. The molecule has 0 fully saturated rings. The number of hydrogen-bond acceptors (Lipinski definition) is 4. The van der Waals surface area contributed by atoms with Crippen LogP contribution in [0.25, 0.3) is 0 Å². The Hall–Kier alpha value is -2.18. The molecule has 0 atom stereocenters. The van der Waals surface area contributed by atoms with Crippen molar-refractivity contribution >= 4 is 38.9 Å². The molecule has 0 saturated heterocycles. The molecular formula is C19H17BrN2O2S. The van der Waals surface area contributed by atoms with E-state index in [0.29, 0.717) is 17.2 Å². The van der Waals surface area contributed by atoms with Gasteiger partial charge in [-0.25, -0.2) is 4.98 Å². The zero-order valence-electron chi connectivity index (χ0n) is 13.9. The largest absolute Gasteiger partial charge is 0.486 e. The van der Waals surface area contributed by atoms with E-state index in [-0.39, 0.29) is 5.91 Å². The first kappa shape index (κ1) is 17.6. The van der Waals surface area contributed by atoms with Crippen molar-refractivity contribution in [2.45, 2.75) is 20.5 Å². The first-order valence-corrected chi connectivity index (χ1v) is 9.35. The highest BCUT2D eigenvalue weighted by Crippen LogP contribution is 2.22. The molecule has 0 unspecified atom stereocenters. The summed E-state index contributed by atoms with van der Waals surface area (Å²) in [5.41, 5.74) is 2.60. The number of nitrogens with zero attached hydrogens (tertiary/aromatic N) is 1. The molecule has 25 heavy (non-hydrogen) atoms. The molecule has 2 aromatic carbocycles. The van der Waals surface area contributed by atoms with Gasteiger partial charge in [0.05, 0.1) is 5.69 Å². The number of benzene rings is 2. The fourth-order valence-electron chi connectivity index (χ4n) is 2.30. The maximum atomic E-state index is 12.5. The fraction of sp³-hybridized carbons (Fsp3) is 0.158. The lowest BCUT2D eigenvalue weighted by Crippen LogP contribution is -2.11. The quantitative estimate of drug-likeness (QED) is 0.609. The van der Waals surface area contributed by atoms with E-state index < -0.39 is 0 Å². The average Bonchev–Trinajstić information content (AvgIpc) is 2.96. The lowest BCUT2D eigenvalue weighted by Gasteiger charge is -2.04. The number of hydrogen-bond donors (Lipinski definition) is 1. The number of carbonyl (C=O) groups is 1. The van der Waals surface area contributed by atoms with E-state index >= 15 is 0 Å².